The topological polar surface area (TPSA) is 59.0 Å². The Labute approximate surface area is 158 Å². The van der Waals surface area contributed by atoms with Crippen molar-refractivity contribution in [1.82, 2.24) is 0 Å². The predicted molar refractivity (Wildman–Crippen MR) is 110 cm³/mol. The molecule has 3 aromatic carbocycles. The van der Waals surface area contributed by atoms with Gasteiger partial charge in [-0.3, -0.25) is 4.79 Å². The Morgan fingerprint density at radius 1 is 0.889 bits per heavy atom. The molecule has 0 bridgehead atoms. The zero-order chi connectivity index (χ0) is 19.0. The van der Waals surface area contributed by atoms with E-state index >= 15 is 0 Å². The van der Waals surface area contributed by atoms with Crippen molar-refractivity contribution in [2.24, 2.45) is 12.8 Å². The van der Waals surface area contributed by atoms with Gasteiger partial charge in [0.15, 0.2) is 0 Å². The molecule has 4 aromatic rings. The molecule has 1 amide bonds. The van der Waals surface area contributed by atoms with E-state index in [-0.39, 0.29) is 5.91 Å². The van der Waals surface area contributed by atoms with Crippen LogP contribution in [0.3, 0.4) is 0 Å². The number of nitrogens with zero attached hydrogens (tertiary/aromatic N) is 1. The highest BCUT2D eigenvalue weighted by Crippen LogP contribution is 2.34. The molecular formula is C23H22N3O+. The number of nitrogens with two attached hydrogens (primary N) is 1. The quantitative estimate of drug-likeness (QED) is 0.434. The third-order valence-electron chi connectivity index (χ3n) is 4.92. The van der Waals surface area contributed by atoms with Crippen LogP contribution in [0.4, 0.5) is 5.69 Å². The van der Waals surface area contributed by atoms with Crippen molar-refractivity contribution < 1.29 is 9.36 Å². The zero-order valence-electron chi connectivity index (χ0n) is 15.4. The molecule has 3 N–H and O–H groups in total. The van der Waals surface area contributed by atoms with E-state index in [4.69, 9.17) is 5.73 Å². The molecule has 0 unspecified atom stereocenters. The first-order chi connectivity index (χ1) is 13.1. The molecule has 0 aliphatic rings. The van der Waals surface area contributed by atoms with E-state index in [1.165, 1.54) is 27.4 Å². The van der Waals surface area contributed by atoms with Crippen molar-refractivity contribution in [3.05, 3.63) is 72.8 Å². The summed E-state index contributed by atoms with van der Waals surface area (Å²) in [5.74, 6) is -0.189. The van der Waals surface area contributed by atoms with Gasteiger partial charge >= 0.3 is 0 Å². The molecule has 1 aromatic heterocycles. The summed E-state index contributed by atoms with van der Waals surface area (Å²) >= 11 is 0. The number of nitrogens with one attached hydrogen (secondary N) is 1. The van der Waals surface area contributed by atoms with Crippen LogP contribution in [0.5, 0.6) is 0 Å². The number of carbonyl (C=O) groups excluding carboxylic acids is 1. The summed E-state index contributed by atoms with van der Waals surface area (Å²) in [5, 5.41) is 5.24. The van der Waals surface area contributed by atoms with E-state index in [2.05, 4.69) is 65.5 Å². The Morgan fingerprint density at radius 3 is 1.93 bits per heavy atom. The van der Waals surface area contributed by atoms with Gasteiger partial charge in [0.2, 0.25) is 16.9 Å². The van der Waals surface area contributed by atoms with Gasteiger partial charge in [0.25, 0.3) is 0 Å². The molecule has 1 heterocycles. The lowest BCUT2D eigenvalue weighted by molar-refractivity contribution is -0.617. The lowest BCUT2D eigenvalue weighted by Crippen LogP contribution is -2.32. The molecule has 0 saturated carbocycles. The molecule has 4 heteroatoms. The number of aryl methyl sites for hydroxylation is 1. The molecule has 134 valence electrons. The number of para-hydroxylation sites is 2. The molecule has 0 fully saturated rings. The predicted octanol–water partition coefficient (Wildman–Crippen LogP) is 3.77. The summed E-state index contributed by atoms with van der Waals surface area (Å²) < 4.78 is 2.23. The van der Waals surface area contributed by atoms with Crippen LogP contribution in [0.1, 0.15) is 6.92 Å². The molecule has 0 aliphatic heterocycles. The molecule has 27 heavy (non-hydrogen) atoms. The number of aromatic nitrogens is 1. The number of hydrogen-bond donors (Lipinski definition) is 2. The smallest absolute Gasteiger partial charge is 0.240 e. The van der Waals surface area contributed by atoms with Crippen molar-refractivity contribution in [2.75, 3.05) is 5.32 Å². The second-order valence-corrected chi connectivity index (χ2v) is 6.82. The molecule has 4 rings (SSSR count). The van der Waals surface area contributed by atoms with Crippen LogP contribution in [-0.4, -0.2) is 11.9 Å². The average Bonchev–Trinajstić information content (AvgIpc) is 2.69. The first-order valence-electron chi connectivity index (χ1n) is 9.02. The fourth-order valence-electron chi connectivity index (χ4n) is 3.52. The molecule has 0 aliphatic carbocycles. The van der Waals surface area contributed by atoms with E-state index < -0.39 is 6.04 Å². The lowest BCUT2D eigenvalue weighted by atomic mass is 9.95. The van der Waals surface area contributed by atoms with E-state index in [0.29, 0.717) is 0 Å². The molecule has 4 nitrogen and oxygen atoms in total. The Hall–Kier alpha value is -3.24. The van der Waals surface area contributed by atoms with Crippen LogP contribution < -0.4 is 15.6 Å². The van der Waals surface area contributed by atoms with Crippen LogP contribution >= 0.6 is 0 Å². The first kappa shape index (κ1) is 17.2. The van der Waals surface area contributed by atoms with Gasteiger partial charge in [0.1, 0.15) is 7.05 Å². The zero-order valence-corrected chi connectivity index (χ0v) is 15.4. The largest absolute Gasteiger partial charge is 0.325 e. The normalized spacial score (nSPS) is 12.3. The van der Waals surface area contributed by atoms with Crippen LogP contribution in [0.15, 0.2) is 72.8 Å². The average molecular weight is 356 g/mol. The van der Waals surface area contributed by atoms with Crippen LogP contribution in [-0.2, 0) is 11.8 Å². The number of hydrogen-bond acceptors (Lipinski definition) is 2. The third-order valence-corrected chi connectivity index (χ3v) is 4.92. The van der Waals surface area contributed by atoms with Crippen LogP contribution in [0.2, 0.25) is 0 Å². The van der Waals surface area contributed by atoms with Gasteiger partial charge in [-0.2, -0.15) is 4.57 Å². The van der Waals surface area contributed by atoms with Crippen molar-refractivity contribution in [2.45, 2.75) is 13.0 Å². The summed E-state index contributed by atoms with van der Waals surface area (Å²) in [6.07, 6.45) is 0. The number of amides is 1. The standard InChI is InChI=1S/C23H21N3O/c1-15(24)23(27)25-17-13-11-16(12-14-17)22-18-7-3-5-9-20(18)26(2)21-10-6-4-8-19(21)22/h3-15H,24H2,1-2H3/p+1/t15-/m0/s1. The molecule has 0 radical (unpaired) electrons. The van der Waals surface area contributed by atoms with Gasteiger partial charge in [-0.05, 0) is 36.8 Å². The highest BCUT2D eigenvalue weighted by atomic mass is 16.2. The van der Waals surface area contributed by atoms with Gasteiger partial charge in [0, 0.05) is 23.4 Å². The molecular weight excluding hydrogens is 334 g/mol. The second kappa shape index (κ2) is 6.82. The summed E-state index contributed by atoms with van der Waals surface area (Å²) in [5.41, 5.74) is 11.0. The highest BCUT2D eigenvalue weighted by molar-refractivity contribution is 6.07. The molecule has 0 spiro atoms. The van der Waals surface area contributed by atoms with Crippen LogP contribution in [0.25, 0.3) is 32.9 Å². The van der Waals surface area contributed by atoms with Crippen molar-refractivity contribution in [1.29, 1.82) is 0 Å². The van der Waals surface area contributed by atoms with E-state index in [9.17, 15) is 4.79 Å². The number of carbonyl (C=O) groups is 1. The van der Waals surface area contributed by atoms with Crippen molar-refractivity contribution >= 4 is 33.4 Å². The number of anilines is 1. The minimum Gasteiger partial charge on any atom is -0.325 e. The lowest BCUT2D eigenvalue weighted by Gasteiger charge is -2.12. The maximum absolute atomic E-state index is 11.8. The molecule has 0 saturated heterocycles. The fourth-order valence-corrected chi connectivity index (χ4v) is 3.52. The first-order valence-corrected chi connectivity index (χ1v) is 9.02. The third kappa shape index (κ3) is 3.04. The SMILES string of the molecule is C[C@H](N)C(=O)Nc1ccc(-c2c3ccccc3[n+](C)c3ccccc23)cc1. The van der Waals surface area contributed by atoms with E-state index in [0.717, 1.165) is 11.3 Å². The number of benzene rings is 3. The summed E-state index contributed by atoms with van der Waals surface area (Å²) in [7, 11) is 2.10. The Bertz CT molecular complexity index is 1090. The second-order valence-electron chi connectivity index (χ2n) is 6.82. The summed E-state index contributed by atoms with van der Waals surface area (Å²) in [6, 6.07) is 24.3. The Kier molecular flexibility index (Phi) is 4.34. The van der Waals surface area contributed by atoms with E-state index in [1.54, 1.807) is 6.92 Å². The summed E-state index contributed by atoms with van der Waals surface area (Å²) in [6.45, 7) is 1.67. The van der Waals surface area contributed by atoms with Crippen LogP contribution in [0, 0.1) is 0 Å². The molecule has 1 atom stereocenters. The summed E-state index contributed by atoms with van der Waals surface area (Å²) in [4.78, 5) is 11.8. The monoisotopic (exact) mass is 356 g/mol. The number of pyridine rings is 1. The number of fused-ring (bicyclic) bond motifs is 2. The highest BCUT2D eigenvalue weighted by Gasteiger charge is 2.18. The van der Waals surface area contributed by atoms with Gasteiger partial charge in [-0.25, -0.2) is 0 Å². The Morgan fingerprint density at radius 2 is 1.41 bits per heavy atom. The van der Waals surface area contributed by atoms with E-state index in [1.807, 2.05) is 24.3 Å². The minimum atomic E-state index is -0.535. The number of rotatable bonds is 3. The Balaban J connectivity index is 1.90. The maximum Gasteiger partial charge on any atom is 0.240 e. The minimum absolute atomic E-state index is 0.189. The maximum atomic E-state index is 11.8. The van der Waals surface area contributed by atoms with Crippen molar-refractivity contribution in [3.63, 3.8) is 0 Å². The van der Waals surface area contributed by atoms with Gasteiger partial charge in [0.05, 0.1) is 16.8 Å². The van der Waals surface area contributed by atoms with Gasteiger partial charge < -0.3 is 11.1 Å². The van der Waals surface area contributed by atoms with Gasteiger partial charge in [-0.15, -0.1) is 0 Å². The van der Waals surface area contributed by atoms with Gasteiger partial charge in [-0.1, -0.05) is 36.4 Å². The fraction of sp³-hybridized carbons (Fsp3) is 0.130. The van der Waals surface area contributed by atoms with Crippen molar-refractivity contribution in [3.8, 4) is 11.1 Å².